The van der Waals surface area contributed by atoms with Gasteiger partial charge in [0.25, 0.3) is 5.91 Å². The van der Waals surface area contributed by atoms with E-state index in [-0.39, 0.29) is 29.2 Å². The van der Waals surface area contributed by atoms with Gasteiger partial charge in [-0.3, -0.25) is 19.3 Å². The van der Waals surface area contributed by atoms with E-state index in [1.165, 1.54) is 17.0 Å². The van der Waals surface area contributed by atoms with Crippen LogP contribution in [-0.4, -0.2) is 30.3 Å². The molecule has 0 radical (unpaired) electrons. The normalized spacial score (nSPS) is 22.1. The third-order valence-electron chi connectivity index (χ3n) is 6.56. The number of carbonyl (C=O) groups excluding carboxylic acids is 4. The van der Waals surface area contributed by atoms with Crippen LogP contribution < -0.4 is 10.2 Å². The van der Waals surface area contributed by atoms with Gasteiger partial charge in [0.15, 0.2) is 6.61 Å². The number of ether oxygens (including phenoxy) is 1. The first-order chi connectivity index (χ1) is 15.9. The van der Waals surface area contributed by atoms with Gasteiger partial charge >= 0.3 is 5.97 Å². The van der Waals surface area contributed by atoms with Crippen LogP contribution >= 0.6 is 0 Å². The van der Waals surface area contributed by atoms with E-state index in [0.29, 0.717) is 17.3 Å². The van der Waals surface area contributed by atoms with Gasteiger partial charge in [0.05, 0.1) is 23.1 Å². The van der Waals surface area contributed by atoms with Crippen LogP contribution in [0.1, 0.15) is 49.0 Å². The number of benzene rings is 2. The Morgan fingerprint density at radius 2 is 1.70 bits per heavy atom. The average Bonchev–Trinajstić information content (AvgIpc) is 3.07. The van der Waals surface area contributed by atoms with Crippen LogP contribution in [-0.2, 0) is 25.5 Å². The Morgan fingerprint density at radius 3 is 2.42 bits per heavy atom. The predicted molar refractivity (Wildman–Crippen MR) is 124 cm³/mol. The van der Waals surface area contributed by atoms with E-state index in [1.807, 2.05) is 25.1 Å². The first kappa shape index (κ1) is 22.7. The fraction of sp³-hybridized carbons (Fsp3) is 0.385. The third-order valence-corrected chi connectivity index (χ3v) is 6.56. The maximum Gasteiger partial charge on any atom is 0.338 e. The van der Waals surface area contributed by atoms with Gasteiger partial charge < -0.3 is 10.1 Å². The fourth-order valence-electron chi connectivity index (χ4n) is 4.74. The number of nitrogens with one attached hydrogen (secondary N) is 1. The van der Waals surface area contributed by atoms with Crippen molar-refractivity contribution < 1.29 is 23.9 Å². The smallest absolute Gasteiger partial charge is 0.338 e. The minimum atomic E-state index is -0.651. The molecule has 1 N–H and O–H groups in total. The summed E-state index contributed by atoms with van der Waals surface area (Å²) in [7, 11) is 0. The molecule has 172 valence electrons. The van der Waals surface area contributed by atoms with E-state index in [0.717, 1.165) is 31.2 Å². The summed E-state index contributed by atoms with van der Waals surface area (Å²) in [4.78, 5) is 51.5. The molecule has 2 aliphatic rings. The van der Waals surface area contributed by atoms with E-state index >= 15 is 0 Å². The lowest BCUT2D eigenvalue weighted by atomic mass is 9.76. The maximum absolute atomic E-state index is 12.9. The van der Waals surface area contributed by atoms with Gasteiger partial charge in [-0.1, -0.05) is 32.0 Å². The Bertz CT molecular complexity index is 1080. The zero-order chi connectivity index (χ0) is 23.5. The molecule has 7 heteroatoms. The lowest BCUT2D eigenvalue weighted by Gasteiger charge is -2.25. The van der Waals surface area contributed by atoms with Gasteiger partial charge in [-0.05, 0) is 67.5 Å². The number of hydrogen-bond donors (Lipinski definition) is 1. The van der Waals surface area contributed by atoms with Crippen molar-refractivity contribution in [2.45, 2.75) is 39.5 Å². The Kier molecular flexibility index (Phi) is 6.58. The molecule has 0 spiro atoms. The molecule has 1 heterocycles. The van der Waals surface area contributed by atoms with Crippen molar-refractivity contribution in [3.63, 3.8) is 0 Å². The van der Waals surface area contributed by atoms with Crippen LogP contribution in [0.15, 0.2) is 48.5 Å². The van der Waals surface area contributed by atoms with E-state index in [1.54, 1.807) is 18.2 Å². The number of imide groups is 1. The summed E-state index contributed by atoms with van der Waals surface area (Å²) in [5.74, 6) is -1.44. The van der Waals surface area contributed by atoms with Crippen molar-refractivity contribution in [3.05, 3.63) is 59.7 Å². The van der Waals surface area contributed by atoms with Crippen molar-refractivity contribution in [1.82, 2.24) is 0 Å². The van der Waals surface area contributed by atoms with Gasteiger partial charge in [-0.15, -0.1) is 0 Å². The van der Waals surface area contributed by atoms with Crippen LogP contribution in [0.4, 0.5) is 11.4 Å². The minimum Gasteiger partial charge on any atom is -0.452 e. The van der Waals surface area contributed by atoms with Crippen LogP contribution in [0.2, 0.25) is 0 Å². The molecule has 3 atom stereocenters. The standard InChI is InChI=1S/C26H28N2O5/c1-3-17-6-4-5-7-22(17)27-23(29)15-33-26(32)18-9-11-19(12-10-18)28-24(30)20-13-8-16(2)14-21(20)25(28)31/h4-7,9-12,16,20-21H,3,8,13-15H2,1-2H3,(H,27,29)/t16-,20+,21+/m0/s1. The summed E-state index contributed by atoms with van der Waals surface area (Å²) < 4.78 is 5.13. The number of nitrogens with zero attached hydrogens (tertiary/aromatic N) is 1. The van der Waals surface area contributed by atoms with Gasteiger partial charge in [-0.25, -0.2) is 4.79 Å². The molecule has 0 bridgehead atoms. The molecular formula is C26H28N2O5. The van der Waals surface area contributed by atoms with Crippen molar-refractivity contribution in [1.29, 1.82) is 0 Å². The first-order valence-electron chi connectivity index (χ1n) is 11.4. The Balaban J connectivity index is 1.36. The number of para-hydroxylation sites is 1. The number of hydrogen-bond acceptors (Lipinski definition) is 5. The number of anilines is 2. The lowest BCUT2D eigenvalue weighted by Crippen LogP contribution is -2.30. The Labute approximate surface area is 193 Å². The molecule has 1 aliphatic carbocycles. The molecule has 1 saturated heterocycles. The molecular weight excluding hydrogens is 420 g/mol. The topological polar surface area (TPSA) is 92.8 Å². The van der Waals surface area contributed by atoms with Gasteiger partial charge in [0, 0.05) is 5.69 Å². The highest BCUT2D eigenvalue weighted by Gasteiger charge is 2.49. The zero-order valence-electron chi connectivity index (χ0n) is 18.9. The molecule has 33 heavy (non-hydrogen) atoms. The molecule has 7 nitrogen and oxygen atoms in total. The van der Waals surface area contributed by atoms with Crippen LogP contribution in [0.5, 0.6) is 0 Å². The second kappa shape index (κ2) is 9.57. The Hall–Kier alpha value is -3.48. The molecule has 3 amide bonds. The molecule has 2 aromatic rings. The largest absolute Gasteiger partial charge is 0.452 e. The zero-order valence-corrected chi connectivity index (χ0v) is 18.9. The van der Waals surface area contributed by atoms with E-state index in [2.05, 4.69) is 12.2 Å². The number of fused-ring (bicyclic) bond motifs is 1. The summed E-state index contributed by atoms with van der Waals surface area (Å²) in [6.45, 7) is 3.69. The number of esters is 1. The third kappa shape index (κ3) is 4.67. The monoisotopic (exact) mass is 448 g/mol. The quantitative estimate of drug-likeness (QED) is 0.533. The van der Waals surface area contributed by atoms with Crippen molar-refractivity contribution in [2.24, 2.45) is 17.8 Å². The summed E-state index contributed by atoms with van der Waals surface area (Å²) >= 11 is 0. The first-order valence-corrected chi connectivity index (χ1v) is 11.4. The molecule has 0 unspecified atom stereocenters. The van der Waals surface area contributed by atoms with Crippen LogP contribution in [0.25, 0.3) is 0 Å². The van der Waals surface area contributed by atoms with E-state index in [9.17, 15) is 19.2 Å². The van der Waals surface area contributed by atoms with E-state index in [4.69, 9.17) is 4.74 Å². The molecule has 1 aliphatic heterocycles. The van der Waals surface area contributed by atoms with Gasteiger partial charge in [0.2, 0.25) is 11.8 Å². The summed E-state index contributed by atoms with van der Waals surface area (Å²) in [5, 5.41) is 2.75. The second-order valence-electron chi connectivity index (χ2n) is 8.82. The molecule has 1 saturated carbocycles. The minimum absolute atomic E-state index is 0.156. The number of rotatable bonds is 6. The van der Waals surface area contributed by atoms with Crippen molar-refractivity contribution in [2.75, 3.05) is 16.8 Å². The van der Waals surface area contributed by atoms with E-state index < -0.39 is 18.5 Å². The predicted octanol–water partition coefficient (Wildman–Crippen LogP) is 3.97. The van der Waals surface area contributed by atoms with Gasteiger partial charge in [0.1, 0.15) is 0 Å². The molecule has 0 aromatic heterocycles. The number of amides is 3. The molecule has 2 fully saturated rings. The van der Waals surface area contributed by atoms with Crippen LogP contribution in [0, 0.1) is 17.8 Å². The molecule has 4 rings (SSSR count). The number of aryl methyl sites for hydroxylation is 1. The Morgan fingerprint density at radius 1 is 1.00 bits per heavy atom. The SMILES string of the molecule is CCc1ccccc1NC(=O)COC(=O)c1ccc(N2C(=O)[C@@H]3CC[C@H](C)C[C@H]3C2=O)cc1. The summed E-state index contributed by atoms with van der Waals surface area (Å²) in [5.41, 5.74) is 2.39. The average molecular weight is 449 g/mol. The maximum atomic E-state index is 12.9. The van der Waals surface area contributed by atoms with Crippen molar-refractivity contribution in [3.8, 4) is 0 Å². The fourth-order valence-corrected chi connectivity index (χ4v) is 4.74. The summed E-state index contributed by atoms with van der Waals surface area (Å²) in [6.07, 6.45) is 3.20. The number of carbonyl (C=O) groups is 4. The second-order valence-corrected chi connectivity index (χ2v) is 8.82. The van der Waals surface area contributed by atoms with Crippen molar-refractivity contribution >= 4 is 35.1 Å². The lowest BCUT2D eigenvalue weighted by molar-refractivity contribution is -0.122. The highest BCUT2D eigenvalue weighted by molar-refractivity contribution is 6.22. The summed E-state index contributed by atoms with van der Waals surface area (Å²) in [6, 6.07) is 13.6. The highest BCUT2D eigenvalue weighted by Crippen LogP contribution is 2.42. The molecule has 2 aromatic carbocycles. The van der Waals surface area contributed by atoms with Gasteiger partial charge in [-0.2, -0.15) is 0 Å². The highest BCUT2D eigenvalue weighted by atomic mass is 16.5. The van der Waals surface area contributed by atoms with Crippen LogP contribution in [0.3, 0.4) is 0 Å².